The van der Waals surface area contributed by atoms with Crippen molar-refractivity contribution in [2.75, 3.05) is 13.4 Å². The number of benzene rings is 2. The van der Waals surface area contributed by atoms with Crippen LogP contribution < -0.4 is 14.2 Å². The maximum absolute atomic E-state index is 12.9. The molecule has 1 amide bonds. The van der Waals surface area contributed by atoms with E-state index < -0.39 is 0 Å². The molecule has 1 aromatic heterocycles. The standard InChI is InChI=1S/C22H20N2O4/c25-21(15-26-19-8-2-1-3-9-19)24(13-17-6-5-11-23-12-17)14-18-7-4-10-20-22(18)28-16-27-20/h1-12H,13-16H2. The van der Waals surface area contributed by atoms with E-state index in [0.29, 0.717) is 30.3 Å². The molecular weight excluding hydrogens is 356 g/mol. The van der Waals surface area contributed by atoms with E-state index in [2.05, 4.69) is 4.98 Å². The summed E-state index contributed by atoms with van der Waals surface area (Å²) >= 11 is 0. The number of ether oxygens (including phenoxy) is 3. The van der Waals surface area contributed by atoms with Crippen LogP contribution in [-0.4, -0.2) is 29.2 Å². The van der Waals surface area contributed by atoms with Gasteiger partial charge in [0.1, 0.15) is 5.75 Å². The highest BCUT2D eigenvalue weighted by molar-refractivity contribution is 5.78. The minimum absolute atomic E-state index is 0.0450. The largest absolute Gasteiger partial charge is 0.484 e. The van der Waals surface area contributed by atoms with Gasteiger partial charge in [0.05, 0.1) is 0 Å². The molecule has 2 aromatic carbocycles. The van der Waals surface area contributed by atoms with Crippen molar-refractivity contribution in [2.24, 2.45) is 0 Å². The van der Waals surface area contributed by atoms with Gasteiger partial charge >= 0.3 is 0 Å². The lowest BCUT2D eigenvalue weighted by atomic mass is 10.1. The number of nitrogens with zero attached hydrogens (tertiary/aromatic N) is 2. The zero-order chi connectivity index (χ0) is 19.2. The third kappa shape index (κ3) is 4.23. The highest BCUT2D eigenvalue weighted by Gasteiger charge is 2.22. The van der Waals surface area contributed by atoms with Gasteiger partial charge < -0.3 is 19.1 Å². The first kappa shape index (κ1) is 17.9. The number of rotatable bonds is 7. The van der Waals surface area contributed by atoms with E-state index in [1.54, 1.807) is 17.3 Å². The second-order valence-electron chi connectivity index (χ2n) is 6.36. The molecule has 0 aliphatic carbocycles. The van der Waals surface area contributed by atoms with E-state index >= 15 is 0 Å². The Balaban J connectivity index is 1.52. The summed E-state index contributed by atoms with van der Waals surface area (Å²) in [5.41, 5.74) is 1.84. The molecular formula is C22H20N2O4. The average molecular weight is 376 g/mol. The zero-order valence-electron chi connectivity index (χ0n) is 15.3. The lowest BCUT2D eigenvalue weighted by Gasteiger charge is -2.23. The molecule has 3 aromatic rings. The molecule has 0 spiro atoms. The smallest absolute Gasteiger partial charge is 0.261 e. The van der Waals surface area contributed by atoms with Crippen LogP contribution in [0.25, 0.3) is 0 Å². The monoisotopic (exact) mass is 376 g/mol. The molecule has 0 radical (unpaired) electrons. The third-order valence-electron chi connectivity index (χ3n) is 4.39. The van der Waals surface area contributed by atoms with E-state index in [4.69, 9.17) is 14.2 Å². The number of hydrogen-bond donors (Lipinski definition) is 0. The molecule has 2 heterocycles. The average Bonchev–Trinajstić information content (AvgIpc) is 3.23. The molecule has 0 N–H and O–H groups in total. The Kier molecular flexibility index (Phi) is 5.38. The number of aromatic nitrogens is 1. The van der Waals surface area contributed by atoms with Crippen molar-refractivity contribution in [1.82, 2.24) is 9.88 Å². The van der Waals surface area contributed by atoms with Crippen LogP contribution in [0.5, 0.6) is 17.2 Å². The zero-order valence-corrected chi connectivity index (χ0v) is 15.3. The second-order valence-corrected chi connectivity index (χ2v) is 6.36. The van der Waals surface area contributed by atoms with E-state index in [9.17, 15) is 4.79 Å². The normalized spacial score (nSPS) is 11.9. The molecule has 142 valence electrons. The Labute approximate surface area is 163 Å². The van der Waals surface area contributed by atoms with Crippen LogP contribution in [0.4, 0.5) is 0 Å². The number of para-hydroxylation sites is 2. The van der Waals surface area contributed by atoms with Crippen molar-refractivity contribution >= 4 is 5.91 Å². The van der Waals surface area contributed by atoms with Crippen LogP contribution in [0.2, 0.25) is 0 Å². The summed E-state index contributed by atoms with van der Waals surface area (Å²) < 4.78 is 16.7. The summed E-state index contributed by atoms with van der Waals surface area (Å²) in [6, 6.07) is 18.8. The predicted molar refractivity (Wildman–Crippen MR) is 103 cm³/mol. The van der Waals surface area contributed by atoms with Crippen LogP contribution in [0.3, 0.4) is 0 Å². The first-order valence-electron chi connectivity index (χ1n) is 9.01. The van der Waals surface area contributed by atoms with Gasteiger partial charge in [-0.2, -0.15) is 0 Å². The summed E-state index contributed by atoms with van der Waals surface area (Å²) in [6.45, 7) is 0.963. The van der Waals surface area contributed by atoms with Crippen molar-refractivity contribution in [3.8, 4) is 17.2 Å². The van der Waals surface area contributed by atoms with Gasteiger partial charge in [-0.1, -0.05) is 36.4 Å². The molecule has 6 heteroatoms. The Hall–Kier alpha value is -3.54. The van der Waals surface area contributed by atoms with E-state index in [1.807, 2.05) is 60.7 Å². The Morgan fingerprint density at radius 3 is 2.71 bits per heavy atom. The molecule has 0 bridgehead atoms. The van der Waals surface area contributed by atoms with E-state index in [0.717, 1.165) is 11.1 Å². The van der Waals surface area contributed by atoms with E-state index in [1.165, 1.54) is 0 Å². The number of carbonyl (C=O) groups is 1. The fraction of sp³-hybridized carbons (Fsp3) is 0.182. The van der Waals surface area contributed by atoms with Gasteiger partial charge in [0.25, 0.3) is 5.91 Å². The van der Waals surface area contributed by atoms with Crippen LogP contribution in [0.15, 0.2) is 73.1 Å². The molecule has 0 unspecified atom stereocenters. The molecule has 0 saturated heterocycles. The van der Waals surface area contributed by atoms with Gasteiger partial charge in [-0.15, -0.1) is 0 Å². The number of fused-ring (bicyclic) bond motifs is 1. The summed E-state index contributed by atoms with van der Waals surface area (Å²) in [5, 5.41) is 0. The SMILES string of the molecule is O=C(COc1ccccc1)N(Cc1cccnc1)Cc1cccc2c1OCO2. The van der Waals surface area contributed by atoms with Gasteiger partial charge in [-0.3, -0.25) is 9.78 Å². The molecule has 28 heavy (non-hydrogen) atoms. The van der Waals surface area contributed by atoms with Gasteiger partial charge in [0, 0.05) is 31.0 Å². The van der Waals surface area contributed by atoms with E-state index in [-0.39, 0.29) is 19.3 Å². The predicted octanol–water partition coefficient (Wildman–Crippen LogP) is 3.42. The number of carbonyl (C=O) groups excluding carboxylic acids is 1. The Bertz CT molecular complexity index is 932. The third-order valence-corrected chi connectivity index (χ3v) is 4.39. The van der Waals surface area contributed by atoms with Crippen LogP contribution in [0.1, 0.15) is 11.1 Å². The number of pyridine rings is 1. The minimum Gasteiger partial charge on any atom is -0.484 e. The van der Waals surface area contributed by atoms with Crippen molar-refractivity contribution in [1.29, 1.82) is 0 Å². The van der Waals surface area contributed by atoms with Crippen LogP contribution in [-0.2, 0) is 17.9 Å². The quantitative estimate of drug-likeness (QED) is 0.632. The second kappa shape index (κ2) is 8.43. The van der Waals surface area contributed by atoms with Crippen molar-refractivity contribution in [3.05, 3.63) is 84.2 Å². The highest BCUT2D eigenvalue weighted by Crippen LogP contribution is 2.36. The summed E-state index contributed by atoms with van der Waals surface area (Å²) in [6.07, 6.45) is 3.47. The van der Waals surface area contributed by atoms with Gasteiger partial charge in [0.2, 0.25) is 6.79 Å². The highest BCUT2D eigenvalue weighted by atomic mass is 16.7. The summed E-state index contributed by atoms with van der Waals surface area (Å²) in [5.74, 6) is 1.93. The topological polar surface area (TPSA) is 60.9 Å². The van der Waals surface area contributed by atoms with Crippen molar-refractivity contribution < 1.29 is 19.0 Å². The molecule has 0 saturated carbocycles. The maximum Gasteiger partial charge on any atom is 0.261 e. The Morgan fingerprint density at radius 2 is 1.89 bits per heavy atom. The lowest BCUT2D eigenvalue weighted by Crippen LogP contribution is -2.34. The Morgan fingerprint density at radius 1 is 1.00 bits per heavy atom. The fourth-order valence-electron chi connectivity index (χ4n) is 3.02. The van der Waals surface area contributed by atoms with Gasteiger partial charge in [0.15, 0.2) is 18.1 Å². The molecule has 1 aliphatic heterocycles. The van der Waals surface area contributed by atoms with Crippen LogP contribution in [0, 0.1) is 0 Å². The van der Waals surface area contributed by atoms with Gasteiger partial charge in [-0.05, 0) is 29.8 Å². The van der Waals surface area contributed by atoms with Crippen molar-refractivity contribution in [3.63, 3.8) is 0 Å². The van der Waals surface area contributed by atoms with Crippen LogP contribution >= 0.6 is 0 Å². The summed E-state index contributed by atoms with van der Waals surface area (Å²) in [7, 11) is 0. The number of hydrogen-bond acceptors (Lipinski definition) is 5. The minimum atomic E-state index is -0.121. The fourth-order valence-corrected chi connectivity index (χ4v) is 3.02. The maximum atomic E-state index is 12.9. The first-order chi connectivity index (χ1) is 13.8. The first-order valence-corrected chi connectivity index (χ1v) is 9.01. The molecule has 1 aliphatic rings. The summed E-state index contributed by atoms with van der Waals surface area (Å²) in [4.78, 5) is 18.8. The molecule has 0 atom stereocenters. The lowest BCUT2D eigenvalue weighted by molar-refractivity contribution is -0.134. The molecule has 6 nitrogen and oxygen atoms in total. The molecule has 0 fully saturated rings. The van der Waals surface area contributed by atoms with Gasteiger partial charge in [-0.25, -0.2) is 0 Å². The molecule has 4 rings (SSSR count). The van der Waals surface area contributed by atoms with Crippen molar-refractivity contribution in [2.45, 2.75) is 13.1 Å². The number of amides is 1.